The van der Waals surface area contributed by atoms with Crippen LogP contribution in [0.15, 0.2) is 42.5 Å². The monoisotopic (exact) mass is 375 g/mol. The van der Waals surface area contributed by atoms with Gasteiger partial charge in [0.2, 0.25) is 0 Å². The average molecular weight is 375 g/mol. The van der Waals surface area contributed by atoms with Gasteiger partial charge in [0, 0.05) is 53.8 Å². The molecular formula is C22H21N3O3. The Bertz CT molecular complexity index is 1090. The number of benzene rings is 2. The number of ketones is 1. The number of nitrogens with one attached hydrogen (secondary N) is 1. The van der Waals surface area contributed by atoms with E-state index in [1.807, 2.05) is 49.4 Å². The van der Waals surface area contributed by atoms with Crippen molar-refractivity contribution in [1.82, 2.24) is 9.88 Å². The van der Waals surface area contributed by atoms with E-state index in [9.17, 15) is 9.59 Å². The van der Waals surface area contributed by atoms with E-state index in [1.54, 1.807) is 4.90 Å². The van der Waals surface area contributed by atoms with Gasteiger partial charge in [-0.15, -0.1) is 0 Å². The highest BCUT2D eigenvalue weighted by atomic mass is 16.6. The van der Waals surface area contributed by atoms with Crippen LogP contribution in [-0.4, -0.2) is 54.5 Å². The highest BCUT2D eigenvalue weighted by molar-refractivity contribution is 6.27. The summed E-state index contributed by atoms with van der Waals surface area (Å²) in [5.74, 6) is 1.09. The Kier molecular flexibility index (Phi) is 3.86. The predicted octanol–water partition coefficient (Wildman–Crippen LogP) is 3.66. The van der Waals surface area contributed by atoms with Crippen LogP contribution in [0.25, 0.3) is 22.0 Å². The molecule has 6 heteroatoms. The molecule has 6 nitrogen and oxygen atoms in total. The molecule has 1 aliphatic carbocycles. The topological polar surface area (TPSA) is 65.6 Å². The smallest absolute Gasteiger partial charge is 0.409 e. The fourth-order valence-electron chi connectivity index (χ4n) is 4.29. The minimum atomic E-state index is -0.252. The third-order valence-electron chi connectivity index (χ3n) is 5.61. The number of nitrogens with zero attached hydrogens (tertiary/aromatic N) is 2. The predicted molar refractivity (Wildman–Crippen MR) is 108 cm³/mol. The number of hydrogen-bond acceptors (Lipinski definition) is 4. The van der Waals surface area contributed by atoms with Crippen molar-refractivity contribution in [2.24, 2.45) is 0 Å². The minimum Gasteiger partial charge on any atom is -0.450 e. The SMILES string of the molecule is CCOC(=O)N1CCN(c2[nH]c3cccc4c3c2-c2ccccc2C4=O)CC1. The molecular weight excluding hydrogens is 354 g/mol. The zero-order valence-electron chi connectivity index (χ0n) is 15.7. The lowest BCUT2D eigenvalue weighted by Gasteiger charge is -2.35. The van der Waals surface area contributed by atoms with E-state index < -0.39 is 0 Å². The van der Waals surface area contributed by atoms with Crippen molar-refractivity contribution in [2.75, 3.05) is 37.7 Å². The molecule has 1 amide bonds. The Morgan fingerprint density at radius 1 is 1.00 bits per heavy atom. The van der Waals surface area contributed by atoms with E-state index in [-0.39, 0.29) is 11.9 Å². The van der Waals surface area contributed by atoms with Crippen molar-refractivity contribution in [1.29, 1.82) is 0 Å². The zero-order valence-corrected chi connectivity index (χ0v) is 15.7. The number of aromatic amines is 1. The van der Waals surface area contributed by atoms with Gasteiger partial charge in [-0.25, -0.2) is 4.79 Å². The van der Waals surface area contributed by atoms with Gasteiger partial charge in [0.05, 0.1) is 6.61 Å². The van der Waals surface area contributed by atoms with Gasteiger partial charge in [0.1, 0.15) is 5.82 Å². The second-order valence-electron chi connectivity index (χ2n) is 7.12. The first-order valence-electron chi connectivity index (χ1n) is 9.64. The Labute approximate surface area is 162 Å². The number of ether oxygens (including phenoxy) is 1. The summed E-state index contributed by atoms with van der Waals surface area (Å²) < 4.78 is 5.12. The van der Waals surface area contributed by atoms with Gasteiger partial charge in [0.15, 0.2) is 5.78 Å². The molecule has 0 atom stereocenters. The number of H-pyrrole nitrogens is 1. The average Bonchev–Trinajstić information content (AvgIpc) is 3.13. The fourth-order valence-corrected chi connectivity index (χ4v) is 4.29. The summed E-state index contributed by atoms with van der Waals surface area (Å²) in [6.45, 7) is 4.86. The summed E-state index contributed by atoms with van der Waals surface area (Å²) in [6.07, 6.45) is -0.252. The first-order chi connectivity index (χ1) is 13.7. The number of hydrogen-bond donors (Lipinski definition) is 1. The molecule has 2 aliphatic rings. The number of amides is 1. The number of anilines is 1. The second kappa shape index (κ2) is 6.41. The minimum absolute atomic E-state index is 0.0754. The lowest BCUT2D eigenvalue weighted by molar-refractivity contribution is 0.103. The first-order valence-corrected chi connectivity index (χ1v) is 9.64. The molecule has 5 rings (SSSR count). The lowest BCUT2D eigenvalue weighted by atomic mass is 9.85. The maximum Gasteiger partial charge on any atom is 0.409 e. The summed E-state index contributed by atoms with van der Waals surface area (Å²) in [7, 11) is 0. The van der Waals surface area contributed by atoms with Crippen LogP contribution in [0.5, 0.6) is 0 Å². The molecule has 28 heavy (non-hydrogen) atoms. The van der Waals surface area contributed by atoms with E-state index >= 15 is 0 Å². The van der Waals surface area contributed by atoms with Crippen LogP contribution in [0.1, 0.15) is 22.8 Å². The van der Waals surface area contributed by atoms with Crippen molar-refractivity contribution in [3.05, 3.63) is 53.6 Å². The van der Waals surface area contributed by atoms with Gasteiger partial charge in [-0.2, -0.15) is 0 Å². The second-order valence-corrected chi connectivity index (χ2v) is 7.12. The van der Waals surface area contributed by atoms with Crippen LogP contribution in [-0.2, 0) is 4.74 Å². The molecule has 1 fully saturated rings. The third kappa shape index (κ3) is 2.41. The van der Waals surface area contributed by atoms with Crippen LogP contribution >= 0.6 is 0 Å². The molecule has 1 saturated heterocycles. The largest absolute Gasteiger partial charge is 0.450 e. The molecule has 0 unspecified atom stereocenters. The Morgan fingerprint density at radius 3 is 2.46 bits per heavy atom. The molecule has 0 radical (unpaired) electrons. The number of rotatable bonds is 2. The zero-order chi connectivity index (χ0) is 19.3. The van der Waals surface area contributed by atoms with Crippen molar-refractivity contribution in [3.8, 4) is 11.1 Å². The molecule has 0 spiro atoms. The van der Waals surface area contributed by atoms with Crippen molar-refractivity contribution in [3.63, 3.8) is 0 Å². The van der Waals surface area contributed by atoms with Gasteiger partial charge in [-0.3, -0.25) is 4.79 Å². The Balaban J connectivity index is 1.57. The normalized spacial score (nSPS) is 15.7. The van der Waals surface area contributed by atoms with Crippen molar-refractivity contribution in [2.45, 2.75) is 6.92 Å². The molecule has 1 aliphatic heterocycles. The quantitative estimate of drug-likeness (QED) is 0.581. The molecule has 1 N–H and O–H groups in total. The highest BCUT2D eigenvalue weighted by Crippen LogP contribution is 2.45. The number of aromatic nitrogens is 1. The maximum absolute atomic E-state index is 13.0. The number of fused-ring (bicyclic) bond motifs is 2. The molecule has 0 bridgehead atoms. The lowest BCUT2D eigenvalue weighted by Crippen LogP contribution is -2.49. The Hall–Kier alpha value is -3.28. The summed E-state index contributed by atoms with van der Waals surface area (Å²) in [6, 6.07) is 13.6. The third-order valence-corrected chi connectivity index (χ3v) is 5.61. The van der Waals surface area contributed by atoms with Gasteiger partial charge in [-0.05, 0) is 18.6 Å². The van der Waals surface area contributed by atoms with E-state index in [2.05, 4.69) is 9.88 Å². The standard InChI is InChI=1S/C22H21N3O3/c1-2-28-22(27)25-12-10-24(11-13-25)21-19-14-6-3-4-7-15(14)20(26)16-8-5-9-17(23-21)18(16)19/h3-9,23H,2,10-13H2,1H3. The molecule has 0 saturated carbocycles. The molecule has 1 aromatic heterocycles. The van der Waals surface area contributed by atoms with Crippen LogP contribution < -0.4 is 4.90 Å². The maximum atomic E-state index is 13.0. The first kappa shape index (κ1) is 16.9. The number of carbonyl (C=O) groups is 2. The summed E-state index contributed by atoms with van der Waals surface area (Å²) in [5.41, 5.74) is 4.52. The van der Waals surface area contributed by atoms with E-state index in [0.29, 0.717) is 32.8 Å². The Morgan fingerprint density at radius 2 is 1.71 bits per heavy atom. The van der Waals surface area contributed by atoms with Crippen molar-refractivity contribution < 1.29 is 14.3 Å². The van der Waals surface area contributed by atoms with Gasteiger partial charge in [-0.1, -0.05) is 36.4 Å². The van der Waals surface area contributed by atoms with Crippen molar-refractivity contribution >= 4 is 28.6 Å². The van der Waals surface area contributed by atoms with E-state index in [1.165, 1.54) is 0 Å². The van der Waals surface area contributed by atoms with Crippen LogP contribution in [0.2, 0.25) is 0 Å². The number of piperazine rings is 1. The molecule has 2 heterocycles. The van der Waals surface area contributed by atoms with E-state index in [0.717, 1.165) is 39.0 Å². The van der Waals surface area contributed by atoms with Gasteiger partial charge >= 0.3 is 6.09 Å². The van der Waals surface area contributed by atoms with Crippen LogP contribution in [0, 0.1) is 0 Å². The summed E-state index contributed by atoms with van der Waals surface area (Å²) >= 11 is 0. The molecule has 3 aromatic rings. The molecule has 142 valence electrons. The summed E-state index contributed by atoms with van der Waals surface area (Å²) in [5, 5.41) is 0.994. The molecule has 2 aromatic carbocycles. The highest BCUT2D eigenvalue weighted by Gasteiger charge is 2.31. The van der Waals surface area contributed by atoms with Gasteiger partial charge in [0.25, 0.3) is 0 Å². The number of carbonyl (C=O) groups excluding carboxylic acids is 2. The fraction of sp³-hybridized carbons (Fsp3) is 0.273. The van der Waals surface area contributed by atoms with Gasteiger partial charge < -0.3 is 19.5 Å². The van der Waals surface area contributed by atoms with Crippen LogP contribution in [0.3, 0.4) is 0 Å². The summed E-state index contributed by atoms with van der Waals surface area (Å²) in [4.78, 5) is 32.5. The van der Waals surface area contributed by atoms with E-state index in [4.69, 9.17) is 4.74 Å². The van der Waals surface area contributed by atoms with Crippen LogP contribution in [0.4, 0.5) is 10.6 Å².